The van der Waals surface area contributed by atoms with E-state index in [4.69, 9.17) is 15.2 Å². The molecule has 0 radical (unpaired) electrons. The Morgan fingerprint density at radius 1 is 1.21 bits per heavy atom. The SMILES string of the molecule is CCCn1c(N)c(C(=O)COC(=O)[C@H](C)Oc2ccc(F)cc2)c(=O)n(C)c1=O. The Hall–Kier alpha value is -3.43. The van der Waals surface area contributed by atoms with Crippen molar-refractivity contribution in [2.45, 2.75) is 32.9 Å². The predicted octanol–water partition coefficient (Wildman–Crippen LogP) is 0.872. The quantitative estimate of drug-likeness (QED) is 0.509. The standard InChI is InChI=1S/C19H22FN3O6/c1-4-9-23-16(21)15(17(25)22(3)19(23)27)14(24)10-28-18(26)11(2)29-13-7-5-12(20)6-8-13/h5-8,11H,4,9-10,21H2,1-3H3/t11-/m0/s1. The van der Waals surface area contributed by atoms with E-state index in [0.29, 0.717) is 6.42 Å². The number of rotatable bonds is 8. The molecule has 0 aliphatic rings. The summed E-state index contributed by atoms with van der Waals surface area (Å²) in [5, 5.41) is 0. The van der Waals surface area contributed by atoms with Crippen LogP contribution in [0.25, 0.3) is 0 Å². The Kier molecular flexibility index (Phi) is 6.92. The van der Waals surface area contributed by atoms with Gasteiger partial charge in [-0.05, 0) is 37.6 Å². The van der Waals surface area contributed by atoms with E-state index in [0.717, 1.165) is 9.13 Å². The Morgan fingerprint density at radius 2 is 1.83 bits per heavy atom. The van der Waals surface area contributed by atoms with Gasteiger partial charge in [-0.25, -0.2) is 14.0 Å². The molecule has 2 N–H and O–H groups in total. The third-order valence-electron chi connectivity index (χ3n) is 4.11. The molecule has 10 heteroatoms. The molecule has 0 unspecified atom stereocenters. The minimum absolute atomic E-state index is 0.224. The maximum Gasteiger partial charge on any atom is 0.347 e. The van der Waals surface area contributed by atoms with Gasteiger partial charge in [-0.1, -0.05) is 6.92 Å². The van der Waals surface area contributed by atoms with Crippen molar-refractivity contribution in [2.24, 2.45) is 7.05 Å². The van der Waals surface area contributed by atoms with Gasteiger partial charge in [0.2, 0.25) is 5.78 Å². The number of ether oxygens (including phenoxy) is 2. The molecule has 1 aromatic heterocycles. The first kappa shape index (κ1) is 21.9. The van der Waals surface area contributed by atoms with Crippen LogP contribution in [0.5, 0.6) is 5.75 Å². The largest absolute Gasteiger partial charge is 0.479 e. The normalized spacial score (nSPS) is 11.7. The molecule has 1 heterocycles. The molecular formula is C19H22FN3O6. The van der Waals surface area contributed by atoms with Crippen LogP contribution in [0.2, 0.25) is 0 Å². The molecule has 1 aromatic carbocycles. The van der Waals surface area contributed by atoms with E-state index in [-0.39, 0.29) is 18.1 Å². The first-order chi connectivity index (χ1) is 13.7. The number of nitrogen functional groups attached to an aromatic ring is 1. The van der Waals surface area contributed by atoms with Crippen molar-refractivity contribution in [1.82, 2.24) is 9.13 Å². The summed E-state index contributed by atoms with van der Waals surface area (Å²) in [6.45, 7) is 2.68. The average molecular weight is 407 g/mol. The van der Waals surface area contributed by atoms with Crippen molar-refractivity contribution in [3.8, 4) is 5.75 Å². The highest BCUT2D eigenvalue weighted by molar-refractivity contribution is 6.01. The summed E-state index contributed by atoms with van der Waals surface area (Å²) in [6.07, 6.45) is -0.522. The number of benzene rings is 1. The molecule has 0 aliphatic heterocycles. The Balaban J connectivity index is 2.12. The number of nitrogens with two attached hydrogens (primary N) is 1. The van der Waals surface area contributed by atoms with Crippen molar-refractivity contribution in [1.29, 1.82) is 0 Å². The van der Waals surface area contributed by atoms with Gasteiger partial charge in [-0.2, -0.15) is 0 Å². The zero-order valence-corrected chi connectivity index (χ0v) is 16.3. The molecule has 0 amide bonds. The molecule has 2 aromatic rings. The maximum absolute atomic E-state index is 12.9. The van der Waals surface area contributed by atoms with Gasteiger partial charge in [0, 0.05) is 13.6 Å². The number of carbonyl (C=O) groups is 2. The lowest BCUT2D eigenvalue weighted by molar-refractivity contribution is -0.149. The Labute approximate surface area is 165 Å². The van der Waals surface area contributed by atoms with Crippen molar-refractivity contribution in [3.05, 3.63) is 56.5 Å². The van der Waals surface area contributed by atoms with Gasteiger partial charge in [-0.3, -0.25) is 18.7 Å². The third kappa shape index (κ3) is 4.89. The van der Waals surface area contributed by atoms with Gasteiger partial charge < -0.3 is 15.2 Å². The summed E-state index contributed by atoms with van der Waals surface area (Å²) in [4.78, 5) is 49.0. The number of ketones is 1. The minimum Gasteiger partial charge on any atom is -0.479 e. The number of aromatic nitrogens is 2. The van der Waals surface area contributed by atoms with Crippen LogP contribution in [0.15, 0.2) is 33.9 Å². The van der Waals surface area contributed by atoms with Crippen LogP contribution in [0, 0.1) is 5.82 Å². The number of esters is 1. The third-order valence-corrected chi connectivity index (χ3v) is 4.11. The number of nitrogens with zero attached hydrogens (tertiary/aromatic N) is 2. The lowest BCUT2D eigenvalue weighted by atomic mass is 10.2. The highest BCUT2D eigenvalue weighted by Gasteiger charge is 2.24. The van der Waals surface area contributed by atoms with Crippen LogP contribution < -0.4 is 21.7 Å². The molecule has 0 spiro atoms. The topological polar surface area (TPSA) is 123 Å². The Morgan fingerprint density at radius 3 is 2.41 bits per heavy atom. The van der Waals surface area contributed by atoms with E-state index in [1.807, 2.05) is 6.92 Å². The molecular weight excluding hydrogens is 385 g/mol. The van der Waals surface area contributed by atoms with Crippen molar-refractivity contribution in [2.75, 3.05) is 12.3 Å². The van der Waals surface area contributed by atoms with Crippen LogP contribution in [-0.4, -0.2) is 33.6 Å². The molecule has 9 nitrogen and oxygen atoms in total. The summed E-state index contributed by atoms with van der Waals surface area (Å²) in [6, 6.07) is 5.01. The van der Waals surface area contributed by atoms with Crippen LogP contribution >= 0.6 is 0 Å². The van der Waals surface area contributed by atoms with Gasteiger partial charge in [0.15, 0.2) is 12.7 Å². The smallest absolute Gasteiger partial charge is 0.347 e. The number of hydrogen-bond acceptors (Lipinski definition) is 7. The van der Waals surface area contributed by atoms with Crippen LogP contribution in [0.3, 0.4) is 0 Å². The summed E-state index contributed by atoms with van der Waals surface area (Å²) < 4.78 is 25.0. The van der Waals surface area contributed by atoms with Crippen molar-refractivity contribution >= 4 is 17.6 Å². The van der Waals surface area contributed by atoms with Gasteiger partial charge in [0.25, 0.3) is 5.56 Å². The number of Topliss-reactive ketones (excluding diaryl/α,β-unsaturated/α-hetero) is 1. The number of carbonyl (C=O) groups excluding carboxylic acids is 2. The number of hydrogen-bond donors (Lipinski definition) is 1. The van der Waals surface area contributed by atoms with E-state index in [9.17, 15) is 23.6 Å². The van der Waals surface area contributed by atoms with Crippen molar-refractivity contribution in [3.63, 3.8) is 0 Å². The first-order valence-corrected chi connectivity index (χ1v) is 8.88. The van der Waals surface area contributed by atoms with Gasteiger partial charge in [0.1, 0.15) is 22.9 Å². The summed E-state index contributed by atoms with van der Waals surface area (Å²) in [5.41, 5.74) is 3.94. The summed E-state index contributed by atoms with van der Waals surface area (Å²) in [5.74, 6) is -2.18. The van der Waals surface area contributed by atoms with Crippen molar-refractivity contribution < 1.29 is 23.5 Å². The molecule has 0 saturated heterocycles. The van der Waals surface area contributed by atoms with E-state index < -0.39 is 47.1 Å². The zero-order chi connectivity index (χ0) is 21.7. The molecule has 1 atom stereocenters. The molecule has 2 rings (SSSR count). The minimum atomic E-state index is -1.08. The second-order valence-corrected chi connectivity index (χ2v) is 6.30. The second kappa shape index (κ2) is 9.18. The van der Waals surface area contributed by atoms with Gasteiger partial charge in [-0.15, -0.1) is 0 Å². The number of anilines is 1. The molecule has 156 valence electrons. The fourth-order valence-corrected chi connectivity index (χ4v) is 2.58. The maximum atomic E-state index is 12.9. The summed E-state index contributed by atoms with van der Waals surface area (Å²) in [7, 11) is 1.23. The zero-order valence-electron chi connectivity index (χ0n) is 16.3. The summed E-state index contributed by atoms with van der Waals surface area (Å²) >= 11 is 0. The molecule has 29 heavy (non-hydrogen) atoms. The van der Waals surface area contributed by atoms with Gasteiger partial charge in [0.05, 0.1) is 0 Å². The highest BCUT2D eigenvalue weighted by Crippen LogP contribution is 2.14. The fraction of sp³-hybridized carbons (Fsp3) is 0.368. The van der Waals surface area contributed by atoms with E-state index in [2.05, 4.69) is 0 Å². The fourth-order valence-electron chi connectivity index (χ4n) is 2.58. The molecule has 0 bridgehead atoms. The second-order valence-electron chi connectivity index (χ2n) is 6.30. The average Bonchev–Trinajstić information content (AvgIpc) is 2.69. The molecule has 0 aliphatic carbocycles. The van der Waals surface area contributed by atoms with Crippen LogP contribution in [0.4, 0.5) is 10.2 Å². The van der Waals surface area contributed by atoms with Crippen LogP contribution in [0.1, 0.15) is 30.6 Å². The lowest BCUT2D eigenvalue weighted by Crippen LogP contribution is -2.43. The molecule has 0 fully saturated rings. The van der Waals surface area contributed by atoms with Gasteiger partial charge >= 0.3 is 11.7 Å². The van der Waals surface area contributed by atoms with E-state index in [1.165, 1.54) is 38.2 Å². The van der Waals surface area contributed by atoms with Crippen LogP contribution in [-0.2, 0) is 23.1 Å². The van der Waals surface area contributed by atoms with E-state index >= 15 is 0 Å². The monoisotopic (exact) mass is 407 g/mol. The Bertz CT molecular complexity index is 1030. The molecule has 0 saturated carbocycles. The lowest BCUT2D eigenvalue weighted by Gasteiger charge is -2.15. The predicted molar refractivity (Wildman–Crippen MR) is 102 cm³/mol. The van der Waals surface area contributed by atoms with E-state index in [1.54, 1.807) is 0 Å². The highest BCUT2D eigenvalue weighted by atomic mass is 19.1. The first-order valence-electron chi connectivity index (χ1n) is 8.88. The number of halogens is 1.